The molecular formula is C23H28ClN3O4. The molecule has 1 aliphatic rings. The van der Waals surface area contributed by atoms with E-state index in [1.807, 2.05) is 26.0 Å². The van der Waals surface area contributed by atoms with E-state index in [1.54, 1.807) is 43.4 Å². The molecule has 8 heteroatoms. The SMILES string of the molecule is COc1cc2c(cc1OC)C(CNC(=O)C(C)C)N(C(=O)Nc1ccc(Cl)cc1)CC2. The van der Waals surface area contributed by atoms with E-state index in [1.165, 1.54) is 0 Å². The first kappa shape index (κ1) is 22.7. The molecule has 1 atom stereocenters. The number of hydrogen-bond acceptors (Lipinski definition) is 4. The van der Waals surface area contributed by atoms with E-state index in [-0.39, 0.29) is 23.9 Å². The molecule has 3 rings (SSSR count). The van der Waals surface area contributed by atoms with Crippen LogP contribution < -0.4 is 20.1 Å². The monoisotopic (exact) mass is 445 g/mol. The summed E-state index contributed by atoms with van der Waals surface area (Å²) in [7, 11) is 3.17. The van der Waals surface area contributed by atoms with Gasteiger partial charge in [-0.25, -0.2) is 4.79 Å². The number of amides is 3. The Morgan fingerprint density at radius 2 is 1.77 bits per heavy atom. The summed E-state index contributed by atoms with van der Waals surface area (Å²) in [6, 6.07) is 10.2. The normalized spacial score (nSPS) is 15.3. The van der Waals surface area contributed by atoms with Crippen LogP contribution in [0.5, 0.6) is 11.5 Å². The minimum Gasteiger partial charge on any atom is -0.493 e. The highest BCUT2D eigenvalue weighted by Gasteiger charge is 2.32. The standard InChI is InChI=1S/C23H28ClN3O4/c1-14(2)22(28)25-13-19-18-12-21(31-4)20(30-3)11-15(18)9-10-27(19)23(29)26-17-7-5-16(24)6-8-17/h5-8,11-12,14,19H,9-10,13H2,1-4H3,(H,25,28)(H,26,29). The lowest BCUT2D eigenvalue weighted by Crippen LogP contribution is -2.47. The maximum absolute atomic E-state index is 13.1. The predicted molar refractivity (Wildman–Crippen MR) is 121 cm³/mol. The van der Waals surface area contributed by atoms with Crippen LogP contribution in [0.25, 0.3) is 0 Å². The second kappa shape index (κ2) is 9.92. The van der Waals surface area contributed by atoms with Gasteiger partial charge >= 0.3 is 6.03 Å². The number of nitrogens with one attached hydrogen (secondary N) is 2. The topological polar surface area (TPSA) is 79.9 Å². The molecule has 1 aliphatic heterocycles. The first-order chi connectivity index (χ1) is 14.8. The van der Waals surface area contributed by atoms with E-state index >= 15 is 0 Å². The maximum atomic E-state index is 13.1. The van der Waals surface area contributed by atoms with E-state index in [0.717, 1.165) is 11.1 Å². The number of hydrogen-bond donors (Lipinski definition) is 2. The second-order valence-corrected chi connectivity index (χ2v) is 8.14. The number of nitrogens with zero attached hydrogens (tertiary/aromatic N) is 1. The summed E-state index contributed by atoms with van der Waals surface area (Å²) in [5.74, 6) is 1.02. The molecule has 7 nitrogen and oxygen atoms in total. The first-order valence-electron chi connectivity index (χ1n) is 10.2. The Hall–Kier alpha value is -2.93. The van der Waals surface area contributed by atoms with Gasteiger partial charge in [0, 0.05) is 29.7 Å². The lowest BCUT2D eigenvalue weighted by Gasteiger charge is -2.38. The third-order valence-electron chi connectivity index (χ3n) is 5.35. The van der Waals surface area contributed by atoms with Crippen molar-refractivity contribution in [2.75, 3.05) is 32.6 Å². The zero-order chi connectivity index (χ0) is 22.5. The average Bonchev–Trinajstić information content (AvgIpc) is 2.77. The summed E-state index contributed by atoms with van der Waals surface area (Å²) < 4.78 is 10.9. The molecule has 0 radical (unpaired) electrons. The van der Waals surface area contributed by atoms with E-state index in [9.17, 15) is 9.59 Å². The van der Waals surface area contributed by atoms with Crippen LogP contribution in [-0.2, 0) is 11.2 Å². The van der Waals surface area contributed by atoms with Crippen molar-refractivity contribution in [3.8, 4) is 11.5 Å². The number of anilines is 1. The Balaban J connectivity index is 1.91. The van der Waals surface area contributed by atoms with Crippen LogP contribution >= 0.6 is 11.6 Å². The molecule has 0 aliphatic carbocycles. The highest BCUT2D eigenvalue weighted by molar-refractivity contribution is 6.30. The first-order valence-corrected chi connectivity index (χ1v) is 10.6. The maximum Gasteiger partial charge on any atom is 0.322 e. The number of fused-ring (bicyclic) bond motifs is 1. The van der Waals surface area contributed by atoms with Gasteiger partial charge in [0.1, 0.15) is 0 Å². The van der Waals surface area contributed by atoms with Gasteiger partial charge in [0.15, 0.2) is 11.5 Å². The smallest absolute Gasteiger partial charge is 0.322 e. The molecule has 0 spiro atoms. The minimum absolute atomic E-state index is 0.0642. The summed E-state index contributed by atoms with van der Waals surface area (Å²) in [6.45, 7) is 4.48. The number of halogens is 1. The molecule has 0 aromatic heterocycles. The molecule has 31 heavy (non-hydrogen) atoms. The average molecular weight is 446 g/mol. The highest BCUT2D eigenvalue weighted by atomic mass is 35.5. The lowest BCUT2D eigenvalue weighted by molar-refractivity contribution is -0.124. The number of ether oxygens (including phenoxy) is 2. The van der Waals surface area contributed by atoms with Crippen molar-refractivity contribution in [3.05, 3.63) is 52.5 Å². The van der Waals surface area contributed by atoms with Gasteiger partial charge in [-0.2, -0.15) is 0 Å². The Morgan fingerprint density at radius 3 is 2.39 bits per heavy atom. The van der Waals surface area contributed by atoms with Crippen LogP contribution in [-0.4, -0.2) is 44.1 Å². The van der Waals surface area contributed by atoms with Gasteiger partial charge in [-0.1, -0.05) is 25.4 Å². The zero-order valence-corrected chi connectivity index (χ0v) is 19.0. The summed E-state index contributed by atoms with van der Waals surface area (Å²) in [5.41, 5.74) is 2.65. The molecule has 3 amide bonds. The van der Waals surface area contributed by atoms with Crippen molar-refractivity contribution in [1.29, 1.82) is 0 Å². The van der Waals surface area contributed by atoms with Crippen LogP contribution in [0.2, 0.25) is 5.02 Å². The Bertz CT molecular complexity index is 947. The molecule has 1 heterocycles. The second-order valence-electron chi connectivity index (χ2n) is 7.70. The number of urea groups is 1. The van der Waals surface area contributed by atoms with Crippen molar-refractivity contribution in [1.82, 2.24) is 10.2 Å². The van der Waals surface area contributed by atoms with Gasteiger partial charge in [-0.3, -0.25) is 4.79 Å². The predicted octanol–water partition coefficient (Wildman–Crippen LogP) is 4.26. The molecule has 2 N–H and O–H groups in total. The number of carbonyl (C=O) groups is 2. The summed E-state index contributed by atoms with van der Waals surface area (Å²) in [6.07, 6.45) is 0.665. The van der Waals surface area contributed by atoms with Crippen LogP contribution in [0, 0.1) is 5.92 Å². The van der Waals surface area contributed by atoms with E-state index in [0.29, 0.717) is 41.7 Å². The molecule has 2 aromatic carbocycles. The van der Waals surface area contributed by atoms with Crippen molar-refractivity contribution >= 4 is 29.2 Å². The molecule has 1 unspecified atom stereocenters. The van der Waals surface area contributed by atoms with Crippen LogP contribution in [0.1, 0.15) is 31.0 Å². The van der Waals surface area contributed by atoms with Crippen molar-refractivity contribution < 1.29 is 19.1 Å². The fourth-order valence-electron chi connectivity index (χ4n) is 3.62. The molecule has 0 saturated carbocycles. The van der Waals surface area contributed by atoms with Crippen molar-refractivity contribution in [2.45, 2.75) is 26.3 Å². The van der Waals surface area contributed by atoms with Gasteiger partial charge in [0.2, 0.25) is 5.91 Å². The van der Waals surface area contributed by atoms with Crippen LogP contribution in [0.3, 0.4) is 0 Å². The summed E-state index contributed by atoms with van der Waals surface area (Å²) >= 11 is 5.94. The van der Waals surface area contributed by atoms with Gasteiger partial charge in [0.05, 0.1) is 20.3 Å². The van der Waals surface area contributed by atoms with Gasteiger partial charge in [0.25, 0.3) is 0 Å². The number of rotatable bonds is 6. The molecule has 2 aromatic rings. The molecule has 0 fully saturated rings. The number of carbonyl (C=O) groups excluding carboxylic acids is 2. The largest absolute Gasteiger partial charge is 0.493 e. The fourth-order valence-corrected chi connectivity index (χ4v) is 3.75. The molecule has 166 valence electrons. The van der Waals surface area contributed by atoms with Crippen LogP contribution in [0.4, 0.5) is 10.5 Å². The van der Waals surface area contributed by atoms with Gasteiger partial charge in [-0.05, 0) is 53.9 Å². The number of benzene rings is 2. The van der Waals surface area contributed by atoms with E-state index in [4.69, 9.17) is 21.1 Å². The van der Waals surface area contributed by atoms with Crippen molar-refractivity contribution in [3.63, 3.8) is 0 Å². The minimum atomic E-state index is -0.349. The Labute approximate surface area is 187 Å². The van der Waals surface area contributed by atoms with E-state index in [2.05, 4.69) is 10.6 Å². The third-order valence-corrected chi connectivity index (χ3v) is 5.61. The third kappa shape index (κ3) is 5.22. The van der Waals surface area contributed by atoms with Crippen LogP contribution in [0.15, 0.2) is 36.4 Å². The Kier molecular flexibility index (Phi) is 7.28. The van der Waals surface area contributed by atoms with Gasteiger partial charge < -0.3 is 25.0 Å². The summed E-state index contributed by atoms with van der Waals surface area (Å²) in [5, 5.41) is 6.48. The summed E-state index contributed by atoms with van der Waals surface area (Å²) in [4.78, 5) is 27.1. The fraction of sp³-hybridized carbons (Fsp3) is 0.391. The zero-order valence-electron chi connectivity index (χ0n) is 18.2. The number of methoxy groups -OCH3 is 2. The highest BCUT2D eigenvalue weighted by Crippen LogP contribution is 2.38. The molecular weight excluding hydrogens is 418 g/mol. The van der Waals surface area contributed by atoms with Gasteiger partial charge in [-0.15, -0.1) is 0 Å². The lowest BCUT2D eigenvalue weighted by atomic mass is 9.91. The Morgan fingerprint density at radius 1 is 1.13 bits per heavy atom. The van der Waals surface area contributed by atoms with Crippen molar-refractivity contribution in [2.24, 2.45) is 5.92 Å². The molecule has 0 bridgehead atoms. The van der Waals surface area contributed by atoms with E-state index < -0.39 is 0 Å². The molecule has 0 saturated heterocycles. The quantitative estimate of drug-likeness (QED) is 0.696.